The normalized spacial score (nSPS) is 12.7. The van der Waals surface area contributed by atoms with Crippen molar-refractivity contribution < 1.29 is 0 Å². The summed E-state index contributed by atoms with van der Waals surface area (Å²) in [5, 5.41) is 0.729. The molecule has 0 fully saturated rings. The smallest absolute Gasteiger partial charge is 0.262 e. The van der Waals surface area contributed by atoms with Crippen molar-refractivity contribution in [2.75, 3.05) is 0 Å². The first-order valence-electron chi connectivity index (χ1n) is 7.08. The number of aryl methyl sites for hydroxylation is 1. The van der Waals surface area contributed by atoms with Crippen molar-refractivity contribution in [1.29, 1.82) is 0 Å². The van der Waals surface area contributed by atoms with E-state index in [1.807, 2.05) is 31.2 Å². The Hall–Kier alpha value is -2.01. The number of hydrogen-bond acceptors (Lipinski definition) is 4. The van der Waals surface area contributed by atoms with Gasteiger partial charge in [-0.25, -0.2) is 4.98 Å². The molecule has 4 nitrogen and oxygen atoms in total. The highest BCUT2D eigenvalue weighted by Gasteiger charge is 2.13. The molecule has 0 saturated heterocycles. The lowest BCUT2D eigenvalue weighted by molar-refractivity contribution is 0.518. The van der Waals surface area contributed by atoms with E-state index < -0.39 is 0 Å². The van der Waals surface area contributed by atoms with Crippen LogP contribution in [0.25, 0.3) is 10.2 Å². The van der Waals surface area contributed by atoms with Gasteiger partial charge < -0.3 is 0 Å². The Morgan fingerprint density at radius 3 is 2.90 bits per heavy atom. The standard InChI is InChI=1S/C16H17N3OS/c1-3-13-9-14-15(21-13)18-10-19(16(14)20)11(2)8-12-6-4-5-7-17-12/h4-7,9-11H,3,8H2,1-2H3. The summed E-state index contributed by atoms with van der Waals surface area (Å²) in [5.74, 6) is 0. The maximum absolute atomic E-state index is 12.6. The van der Waals surface area contributed by atoms with Crippen molar-refractivity contribution in [2.45, 2.75) is 32.7 Å². The van der Waals surface area contributed by atoms with E-state index in [9.17, 15) is 4.79 Å². The average Bonchev–Trinajstić information content (AvgIpc) is 2.93. The Bertz CT molecular complexity index is 807. The van der Waals surface area contributed by atoms with E-state index in [2.05, 4.69) is 16.9 Å². The van der Waals surface area contributed by atoms with E-state index in [0.29, 0.717) is 0 Å². The molecule has 0 aliphatic carbocycles. The van der Waals surface area contributed by atoms with Gasteiger partial charge in [-0.1, -0.05) is 13.0 Å². The summed E-state index contributed by atoms with van der Waals surface area (Å²) in [6, 6.07) is 7.85. The molecule has 0 aliphatic heterocycles. The molecular weight excluding hydrogens is 282 g/mol. The van der Waals surface area contributed by atoms with Crippen molar-refractivity contribution in [3.63, 3.8) is 0 Å². The van der Waals surface area contributed by atoms with Gasteiger partial charge in [0.15, 0.2) is 0 Å². The molecule has 0 aromatic carbocycles. The topological polar surface area (TPSA) is 47.8 Å². The molecule has 21 heavy (non-hydrogen) atoms. The molecular formula is C16H17N3OS. The van der Waals surface area contributed by atoms with E-state index in [0.717, 1.165) is 28.8 Å². The molecule has 3 aromatic heterocycles. The number of rotatable bonds is 4. The summed E-state index contributed by atoms with van der Waals surface area (Å²) >= 11 is 1.60. The van der Waals surface area contributed by atoms with Crippen LogP contribution in [0.5, 0.6) is 0 Å². The van der Waals surface area contributed by atoms with E-state index in [1.54, 1.807) is 28.4 Å². The average molecular weight is 299 g/mol. The predicted octanol–water partition coefficient (Wildman–Crippen LogP) is 3.22. The van der Waals surface area contributed by atoms with Gasteiger partial charge in [-0.05, 0) is 31.5 Å². The third-order valence-electron chi connectivity index (χ3n) is 3.58. The highest BCUT2D eigenvalue weighted by Crippen LogP contribution is 2.22. The van der Waals surface area contributed by atoms with Crippen LogP contribution in [-0.2, 0) is 12.8 Å². The molecule has 0 N–H and O–H groups in total. The summed E-state index contributed by atoms with van der Waals surface area (Å²) in [7, 11) is 0. The number of thiophene rings is 1. The van der Waals surface area contributed by atoms with Gasteiger partial charge >= 0.3 is 0 Å². The lowest BCUT2D eigenvalue weighted by atomic mass is 10.1. The molecule has 0 spiro atoms. The lowest BCUT2D eigenvalue weighted by Gasteiger charge is -2.14. The Kier molecular flexibility index (Phi) is 3.84. The maximum atomic E-state index is 12.6. The van der Waals surface area contributed by atoms with E-state index in [4.69, 9.17) is 0 Å². The minimum absolute atomic E-state index is 0.0364. The third-order valence-corrected chi connectivity index (χ3v) is 4.77. The van der Waals surface area contributed by atoms with Crippen LogP contribution in [0.1, 0.15) is 30.5 Å². The molecule has 0 amide bonds. The van der Waals surface area contributed by atoms with E-state index in [-0.39, 0.29) is 11.6 Å². The Labute approximate surface area is 127 Å². The largest absolute Gasteiger partial charge is 0.295 e. The minimum atomic E-state index is 0.0364. The zero-order valence-electron chi connectivity index (χ0n) is 12.1. The second-order valence-electron chi connectivity index (χ2n) is 5.12. The van der Waals surface area contributed by atoms with Crippen LogP contribution in [0.4, 0.5) is 0 Å². The van der Waals surface area contributed by atoms with Crippen molar-refractivity contribution >= 4 is 21.6 Å². The van der Waals surface area contributed by atoms with Gasteiger partial charge in [-0.3, -0.25) is 14.3 Å². The SMILES string of the molecule is CCc1cc2c(=O)n(C(C)Cc3ccccn3)cnc2s1. The van der Waals surface area contributed by atoms with Crippen molar-refractivity contribution in [3.8, 4) is 0 Å². The number of fused-ring (bicyclic) bond motifs is 1. The van der Waals surface area contributed by atoms with Gasteiger partial charge in [-0.15, -0.1) is 11.3 Å². The van der Waals surface area contributed by atoms with Crippen LogP contribution < -0.4 is 5.56 Å². The van der Waals surface area contributed by atoms with Crippen molar-refractivity contribution in [3.05, 3.63) is 57.7 Å². The zero-order valence-corrected chi connectivity index (χ0v) is 12.9. The number of pyridine rings is 1. The minimum Gasteiger partial charge on any atom is -0.295 e. The lowest BCUT2D eigenvalue weighted by Crippen LogP contribution is -2.24. The van der Waals surface area contributed by atoms with Gasteiger partial charge in [0.05, 0.1) is 11.7 Å². The summed E-state index contributed by atoms with van der Waals surface area (Å²) in [5.41, 5.74) is 1.02. The Balaban J connectivity index is 1.96. The third kappa shape index (κ3) is 2.74. The molecule has 1 unspecified atom stereocenters. The molecule has 3 aromatic rings. The van der Waals surface area contributed by atoms with Gasteiger partial charge in [0.25, 0.3) is 5.56 Å². The fraction of sp³-hybridized carbons (Fsp3) is 0.312. The monoisotopic (exact) mass is 299 g/mol. The van der Waals surface area contributed by atoms with Gasteiger partial charge in [-0.2, -0.15) is 0 Å². The molecule has 5 heteroatoms. The molecule has 0 aliphatic rings. The number of hydrogen-bond donors (Lipinski definition) is 0. The van der Waals surface area contributed by atoms with Crippen LogP contribution in [-0.4, -0.2) is 14.5 Å². The van der Waals surface area contributed by atoms with Crippen molar-refractivity contribution in [1.82, 2.24) is 14.5 Å². The number of nitrogens with zero attached hydrogens (tertiary/aromatic N) is 3. The second kappa shape index (κ2) is 5.77. The first-order chi connectivity index (χ1) is 10.2. The highest BCUT2D eigenvalue weighted by atomic mass is 32.1. The van der Waals surface area contributed by atoms with Crippen LogP contribution >= 0.6 is 11.3 Å². The second-order valence-corrected chi connectivity index (χ2v) is 6.23. The van der Waals surface area contributed by atoms with Gasteiger partial charge in [0.2, 0.25) is 0 Å². The quantitative estimate of drug-likeness (QED) is 0.743. The molecule has 108 valence electrons. The van der Waals surface area contributed by atoms with Crippen LogP contribution in [0, 0.1) is 0 Å². The fourth-order valence-electron chi connectivity index (χ4n) is 2.39. The van der Waals surface area contributed by atoms with Crippen molar-refractivity contribution in [2.24, 2.45) is 0 Å². The highest BCUT2D eigenvalue weighted by molar-refractivity contribution is 7.18. The van der Waals surface area contributed by atoms with E-state index in [1.165, 1.54) is 4.88 Å². The summed E-state index contributed by atoms with van der Waals surface area (Å²) < 4.78 is 1.71. The summed E-state index contributed by atoms with van der Waals surface area (Å²) in [4.78, 5) is 23.4. The first-order valence-corrected chi connectivity index (χ1v) is 7.90. The molecule has 3 rings (SSSR count). The molecule has 0 radical (unpaired) electrons. The van der Waals surface area contributed by atoms with Crippen LogP contribution in [0.2, 0.25) is 0 Å². The molecule has 3 heterocycles. The summed E-state index contributed by atoms with van der Waals surface area (Å²) in [6.45, 7) is 4.11. The summed E-state index contributed by atoms with van der Waals surface area (Å²) in [6.07, 6.45) is 5.09. The van der Waals surface area contributed by atoms with Crippen LogP contribution in [0.15, 0.2) is 41.6 Å². The molecule has 0 saturated carbocycles. The Morgan fingerprint density at radius 1 is 1.33 bits per heavy atom. The number of aromatic nitrogens is 3. The zero-order chi connectivity index (χ0) is 14.8. The molecule has 1 atom stereocenters. The first kappa shape index (κ1) is 13.9. The van der Waals surface area contributed by atoms with Gasteiger partial charge in [0.1, 0.15) is 4.83 Å². The molecule has 0 bridgehead atoms. The van der Waals surface area contributed by atoms with Gasteiger partial charge in [0, 0.05) is 29.2 Å². The van der Waals surface area contributed by atoms with E-state index >= 15 is 0 Å². The Morgan fingerprint density at radius 2 is 2.19 bits per heavy atom. The predicted molar refractivity (Wildman–Crippen MR) is 85.9 cm³/mol. The maximum Gasteiger partial charge on any atom is 0.262 e. The van der Waals surface area contributed by atoms with Crippen LogP contribution in [0.3, 0.4) is 0 Å². The fourth-order valence-corrected chi connectivity index (χ4v) is 3.32.